The van der Waals surface area contributed by atoms with Crippen molar-refractivity contribution in [1.29, 1.82) is 0 Å². The number of carbonyl (C=O) groups excluding carboxylic acids is 1. The lowest BCUT2D eigenvalue weighted by Crippen LogP contribution is -2.20. The van der Waals surface area contributed by atoms with Crippen molar-refractivity contribution in [3.05, 3.63) is 0 Å². The molecule has 0 rings (SSSR count). The first-order valence-electron chi connectivity index (χ1n) is 4.99. The van der Waals surface area contributed by atoms with Crippen LogP contribution in [0.4, 0.5) is 0 Å². The smallest absolute Gasteiger partial charge is 0.368 e. The molecular formula is C10H17Cl2NO2. The van der Waals surface area contributed by atoms with E-state index in [9.17, 15) is 4.79 Å². The van der Waals surface area contributed by atoms with Crippen LogP contribution in [0.3, 0.4) is 0 Å². The minimum atomic E-state index is -0.575. The SMILES string of the molecule is CCCOC(=O)/C(Cl)=N/[C@H](CCl)C(C)C. The number of esters is 1. The van der Waals surface area contributed by atoms with Crippen molar-refractivity contribution in [1.82, 2.24) is 0 Å². The van der Waals surface area contributed by atoms with Gasteiger partial charge >= 0.3 is 5.97 Å². The topological polar surface area (TPSA) is 38.7 Å². The summed E-state index contributed by atoms with van der Waals surface area (Å²) in [5, 5.41) is -0.122. The molecule has 0 saturated carbocycles. The van der Waals surface area contributed by atoms with Gasteiger partial charge in [0, 0.05) is 5.88 Å². The van der Waals surface area contributed by atoms with E-state index in [0.29, 0.717) is 12.5 Å². The number of hydrogen-bond donors (Lipinski definition) is 0. The summed E-state index contributed by atoms with van der Waals surface area (Å²) in [6.07, 6.45) is 0.763. The Hall–Kier alpha value is -0.280. The van der Waals surface area contributed by atoms with E-state index < -0.39 is 5.97 Å². The molecule has 0 aromatic carbocycles. The van der Waals surface area contributed by atoms with Crippen molar-refractivity contribution in [2.75, 3.05) is 12.5 Å². The first kappa shape index (κ1) is 14.7. The number of rotatable bonds is 6. The van der Waals surface area contributed by atoms with Crippen molar-refractivity contribution in [3.63, 3.8) is 0 Å². The van der Waals surface area contributed by atoms with Crippen LogP contribution in [0.2, 0.25) is 0 Å². The Labute approximate surface area is 101 Å². The minimum absolute atomic E-state index is 0.122. The Morgan fingerprint density at radius 3 is 2.47 bits per heavy atom. The summed E-state index contributed by atoms with van der Waals surface area (Å²) in [6, 6.07) is -0.145. The number of alkyl halides is 1. The molecule has 0 heterocycles. The highest BCUT2D eigenvalue weighted by Crippen LogP contribution is 2.10. The van der Waals surface area contributed by atoms with Gasteiger partial charge in [-0.1, -0.05) is 32.4 Å². The average molecular weight is 254 g/mol. The lowest BCUT2D eigenvalue weighted by molar-refractivity contribution is -0.135. The molecule has 5 heteroatoms. The van der Waals surface area contributed by atoms with Crippen LogP contribution in [0.15, 0.2) is 4.99 Å². The number of ether oxygens (including phenoxy) is 1. The Morgan fingerprint density at radius 1 is 1.47 bits per heavy atom. The highest BCUT2D eigenvalue weighted by molar-refractivity contribution is 6.82. The Bertz CT molecular complexity index is 229. The molecule has 0 aromatic rings. The van der Waals surface area contributed by atoms with E-state index in [0.717, 1.165) is 6.42 Å². The average Bonchev–Trinajstić information content (AvgIpc) is 2.21. The molecule has 0 aromatic heterocycles. The summed E-state index contributed by atoms with van der Waals surface area (Å²) in [6.45, 7) is 6.21. The first-order chi connectivity index (χ1) is 7.02. The van der Waals surface area contributed by atoms with Crippen LogP contribution >= 0.6 is 23.2 Å². The lowest BCUT2D eigenvalue weighted by atomic mass is 10.1. The Kier molecular flexibility index (Phi) is 7.79. The third-order valence-electron chi connectivity index (χ3n) is 1.81. The summed E-state index contributed by atoms with van der Waals surface area (Å²) < 4.78 is 4.83. The van der Waals surface area contributed by atoms with Crippen LogP contribution in [0, 0.1) is 5.92 Å². The van der Waals surface area contributed by atoms with Gasteiger partial charge in [-0.05, 0) is 12.3 Å². The second-order valence-electron chi connectivity index (χ2n) is 3.52. The van der Waals surface area contributed by atoms with Crippen LogP contribution in [0.5, 0.6) is 0 Å². The van der Waals surface area contributed by atoms with Gasteiger partial charge in [0.25, 0.3) is 0 Å². The molecule has 0 radical (unpaired) electrons. The molecule has 0 aliphatic rings. The molecular weight excluding hydrogens is 237 g/mol. The highest BCUT2D eigenvalue weighted by atomic mass is 35.5. The second kappa shape index (κ2) is 7.94. The fraction of sp³-hybridized carbons (Fsp3) is 0.800. The predicted molar refractivity (Wildman–Crippen MR) is 63.9 cm³/mol. The van der Waals surface area contributed by atoms with Gasteiger partial charge in [-0.15, -0.1) is 11.6 Å². The molecule has 0 fully saturated rings. The fourth-order valence-electron chi connectivity index (χ4n) is 0.814. The van der Waals surface area contributed by atoms with Crippen LogP contribution in [-0.2, 0) is 9.53 Å². The van der Waals surface area contributed by atoms with E-state index in [1.54, 1.807) is 0 Å². The molecule has 0 spiro atoms. The standard InChI is InChI=1S/C10H17Cl2NO2/c1-4-5-15-10(14)9(12)13-8(6-11)7(2)3/h7-8H,4-6H2,1-3H3/b13-9-/t8-/m1/s1. The van der Waals surface area contributed by atoms with Crippen molar-refractivity contribution >= 4 is 34.3 Å². The van der Waals surface area contributed by atoms with Gasteiger partial charge in [-0.2, -0.15) is 0 Å². The maximum atomic E-state index is 11.2. The van der Waals surface area contributed by atoms with Gasteiger partial charge < -0.3 is 4.74 Å². The molecule has 0 saturated heterocycles. The van der Waals surface area contributed by atoms with Gasteiger partial charge in [0.05, 0.1) is 12.6 Å². The normalized spacial score (nSPS) is 14.1. The van der Waals surface area contributed by atoms with E-state index in [2.05, 4.69) is 4.99 Å². The Balaban J connectivity index is 4.32. The Morgan fingerprint density at radius 2 is 2.07 bits per heavy atom. The van der Waals surface area contributed by atoms with Crippen molar-refractivity contribution in [2.45, 2.75) is 33.2 Å². The minimum Gasteiger partial charge on any atom is -0.460 e. The first-order valence-corrected chi connectivity index (χ1v) is 5.90. The maximum absolute atomic E-state index is 11.2. The number of carbonyl (C=O) groups is 1. The zero-order valence-corrected chi connectivity index (χ0v) is 10.8. The van der Waals surface area contributed by atoms with Crippen LogP contribution in [0.25, 0.3) is 0 Å². The van der Waals surface area contributed by atoms with E-state index in [-0.39, 0.29) is 17.1 Å². The van der Waals surface area contributed by atoms with Gasteiger partial charge in [0.2, 0.25) is 5.17 Å². The molecule has 0 aliphatic heterocycles. The van der Waals surface area contributed by atoms with Gasteiger partial charge in [0.15, 0.2) is 0 Å². The van der Waals surface area contributed by atoms with Crippen molar-refractivity contribution in [2.24, 2.45) is 10.9 Å². The summed E-state index contributed by atoms with van der Waals surface area (Å²) >= 11 is 11.4. The predicted octanol–water partition coefficient (Wildman–Crippen LogP) is 2.84. The maximum Gasteiger partial charge on any atom is 0.368 e. The summed E-state index contributed by atoms with van der Waals surface area (Å²) in [4.78, 5) is 15.3. The zero-order valence-electron chi connectivity index (χ0n) is 9.30. The summed E-state index contributed by atoms with van der Waals surface area (Å²) in [5.74, 6) is 0.0130. The lowest BCUT2D eigenvalue weighted by Gasteiger charge is -2.13. The van der Waals surface area contributed by atoms with Gasteiger partial charge in [-0.3, -0.25) is 4.99 Å². The van der Waals surface area contributed by atoms with Crippen LogP contribution in [0.1, 0.15) is 27.2 Å². The molecule has 0 aliphatic carbocycles. The van der Waals surface area contributed by atoms with Crippen LogP contribution in [-0.4, -0.2) is 29.7 Å². The summed E-state index contributed by atoms with van der Waals surface area (Å²) in [5.41, 5.74) is 0. The van der Waals surface area contributed by atoms with E-state index in [1.165, 1.54) is 0 Å². The van der Waals surface area contributed by atoms with E-state index >= 15 is 0 Å². The quantitative estimate of drug-likeness (QED) is 0.415. The molecule has 1 atom stereocenters. The fourth-order valence-corrected chi connectivity index (χ4v) is 1.42. The number of nitrogens with zero attached hydrogens (tertiary/aromatic N) is 1. The molecule has 15 heavy (non-hydrogen) atoms. The van der Waals surface area contributed by atoms with Gasteiger partial charge in [-0.25, -0.2) is 4.79 Å². The molecule has 0 bridgehead atoms. The summed E-state index contributed by atoms with van der Waals surface area (Å²) in [7, 11) is 0. The van der Waals surface area contributed by atoms with Crippen molar-refractivity contribution < 1.29 is 9.53 Å². The van der Waals surface area contributed by atoms with Crippen LogP contribution < -0.4 is 0 Å². The third kappa shape index (κ3) is 6.00. The molecule has 0 amide bonds. The number of hydrogen-bond acceptors (Lipinski definition) is 3. The second-order valence-corrected chi connectivity index (χ2v) is 4.19. The highest BCUT2D eigenvalue weighted by Gasteiger charge is 2.15. The van der Waals surface area contributed by atoms with E-state index in [4.69, 9.17) is 27.9 Å². The largest absolute Gasteiger partial charge is 0.460 e. The molecule has 0 N–H and O–H groups in total. The number of halogens is 2. The number of aliphatic imine (C=N–C) groups is 1. The third-order valence-corrected chi connectivity index (χ3v) is 2.38. The molecule has 88 valence electrons. The van der Waals surface area contributed by atoms with E-state index in [1.807, 2.05) is 20.8 Å². The van der Waals surface area contributed by atoms with Crippen molar-refractivity contribution in [3.8, 4) is 0 Å². The monoisotopic (exact) mass is 253 g/mol. The zero-order chi connectivity index (χ0) is 11.8. The molecule has 3 nitrogen and oxygen atoms in total. The molecule has 0 unspecified atom stereocenters. The van der Waals surface area contributed by atoms with Gasteiger partial charge in [0.1, 0.15) is 0 Å².